The van der Waals surface area contributed by atoms with Gasteiger partial charge in [0.25, 0.3) is 0 Å². The molecule has 0 heterocycles. The van der Waals surface area contributed by atoms with Gasteiger partial charge < -0.3 is 21.4 Å². The van der Waals surface area contributed by atoms with Crippen molar-refractivity contribution in [2.45, 2.75) is 31.8 Å². The van der Waals surface area contributed by atoms with Crippen molar-refractivity contribution < 1.29 is 37.7 Å². The first-order valence-electron chi connectivity index (χ1n) is 4.50. The van der Waals surface area contributed by atoms with E-state index in [-0.39, 0.29) is 10.7 Å². The summed E-state index contributed by atoms with van der Waals surface area (Å²) < 4.78 is 10.9. The fourth-order valence-electron chi connectivity index (χ4n) is 1.19. The fourth-order valence-corrected chi connectivity index (χ4v) is 3.25. The molecule has 8 heteroatoms. The van der Waals surface area contributed by atoms with Crippen molar-refractivity contribution >= 4 is 36.2 Å². The van der Waals surface area contributed by atoms with Crippen molar-refractivity contribution in [3.05, 3.63) is 16.3 Å². The van der Waals surface area contributed by atoms with E-state index in [0.717, 1.165) is 0 Å². The zero-order chi connectivity index (χ0) is 13.1. The number of hydrogen-bond donors (Lipinski definition) is 2. The maximum absolute atomic E-state index is 10.9. The van der Waals surface area contributed by atoms with Crippen LogP contribution in [0.25, 0.3) is 0 Å². The third kappa shape index (κ3) is 5.95. The molecule has 0 aromatic carbocycles. The zero-order valence-corrected chi connectivity index (χ0v) is 15.2. The molecule has 2 N–H and O–H groups in total. The van der Waals surface area contributed by atoms with Crippen molar-refractivity contribution in [3.8, 4) is 0 Å². The molecule has 0 aromatic heterocycles. The molecule has 0 radical (unpaired) electrons. The van der Waals surface area contributed by atoms with E-state index < -0.39 is 13.0 Å². The number of rotatable bonds is 1. The first-order valence-corrected chi connectivity index (χ1v) is 13.1. The van der Waals surface area contributed by atoms with Crippen molar-refractivity contribution in [2.24, 2.45) is 0 Å². The Hall–Kier alpha value is 1.57. The summed E-state index contributed by atoms with van der Waals surface area (Å²) in [7, 11) is -4.22. The summed E-state index contributed by atoms with van der Waals surface area (Å²) in [6.45, 7) is 6.24. The Morgan fingerprint density at radius 3 is 2.06 bits per heavy atom. The molecule has 0 bridgehead atoms. The molecule has 0 aromatic rings. The SMILES string of the molecule is CC1=C(P(=O)(O)O)C(Cl)[C-](Cl)C1.C[Si](C)=[Zr]. The summed E-state index contributed by atoms with van der Waals surface area (Å²) in [5, 5.41) is -0.464. The third-order valence-corrected chi connectivity index (χ3v) is 4.07. The van der Waals surface area contributed by atoms with Crippen molar-refractivity contribution in [2.75, 3.05) is 0 Å². The molecule has 0 saturated carbocycles. The van der Waals surface area contributed by atoms with Crippen LogP contribution in [0.5, 0.6) is 0 Å². The van der Waals surface area contributed by atoms with Gasteiger partial charge in [0, 0.05) is 5.31 Å². The van der Waals surface area contributed by atoms with Crippen molar-refractivity contribution in [1.29, 1.82) is 0 Å². The molecule has 1 aliphatic rings. The monoisotopic (exact) mass is 377 g/mol. The van der Waals surface area contributed by atoms with E-state index in [2.05, 4.69) is 13.1 Å². The second kappa shape index (κ2) is 7.23. The Morgan fingerprint density at radius 1 is 1.56 bits per heavy atom. The van der Waals surface area contributed by atoms with Gasteiger partial charge in [0.2, 0.25) is 0 Å². The molecular formula is C8H14Cl2O3PSiZr-. The number of halogens is 2. The van der Waals surface area contributed by atoms with Crippen LogP contribution in [0, 0.1) is 5.38 Å². The molecule has 0 amide bonds. The van der Waals surface area contributed by atoms with Gasteiger partial charge in [-0.25, -0.2) is 5.38 Å². The van der Waals surface area contributed by atoms with Gasteiger partial charge in [-0.1, -0.05) is 5.57 Å². The van der Waals surface area contributed by atoms with Gasteiger partial charge in [0.05, 0.1) is 0 Å². The molecule has 0 aliphatic heterocycles. The summed E-state index contributed by atoms with van der Waals surface area (Å²) in [6, 6.07) is 0. The quantitative estimate of drug-likeness (QED) is 0.319. The Morgan fingerprint density at radius 2 is 1.94 bits per heavy atom. The molecule has 1 aliphatic carbocycles. The van der Waals surface area contributed by atoms with Gasteiger partial charge >= 0.3 is 49.5 Å². The van der Waals surface area contributed by atoms with E-state index in [9.17, 15) is 4.57 Å². The summed E-state index contributed by atoms with van der Waals surface area (Å²) in [4.78, 5) is 17.7. The van der Waals surface area contributed by atoms with Crippen LogP contribution < -0.4 is 0 Å². The van der Waals surface area contributed by atoms with E-state index in [1.807, 2.05) is 0 Å². The predicted molar refractivity (Wildman–Crippen MR) is 65.6 cm³/mol. The molecular weight excluding hydrogens is 365 g/mol. The molecule has 3 nitrogen and oxygen atoms in total. The first kappa shape index (κ1) is 17.6. The van der Waals surface area contributed by atoms with E-state index in [1.165, 1.54) is 0 Å². The summed E-state index contributed by atoms with van der Waals surface area (Å²) in [5.74, 6) is 0. The topological polar surface area (TPSA) is 57.5 Å². The summed E-state index contributed by atoms with van der Waals surface area (Å²) in [5.41, 5.74) is 0.788. The van der Waals surface area contributed by atoms with Crippen LogP contribution in [0.3, 0.4) is 0 Å². The average molecular weight is 379 g/mol. The van der Waals surface area contributed by atoms with Gasteiger partial charge in [-0.15, -0.1) is 6.42 Å². The molecule has 0 fully saturated rings. The van der Waals surface area contributed by atoms with Gasteiger partial charge in [0.1, 0.15) is 0 Å². The van der Waals surface area contributed by atoms with E-state index in [4.69, 9.17) is 33.0 Å². The Labute approximate surface area is 121 Å². The van der Waals surface area contributed by atoms with Gasteiger partial charge in [-0.05, 0) is 12.3 Å². The van der Waals surface area contributed by atoms with E-state index >= 15 is 0 Å². The van der Waals surface area contributed by atoms with Crippen LogP contribution in [0.15, 0.2) is 10.9 Å². The maximum atomic E-state index is 10.9. The standard InChI is InChI=1S/C6H8Cl2O3P.C2H6Si.Zr/c1-3-2-4(7)5(8)6(3)12(9,10)11;1-3-2;/h5H,2H2,1H3,(H2,9,10,11);1-2H3;/q-1;;. The van der Waals surface area contributed by atoms with E-state index in [1.54, 1.807) is 30.3 Å². The Kier molecular flexibility index (Phi) is 7.94. The van der Waals surface area contributed by atoms with Crippen LogP contribution >= 0.6 is 30.8 Å². The first-order chi connectivity index (χ1) is 7.07. The molecule has 0 spiro atoms. The second-order valence-corrected chi connectivity index (χ2v) is 15.6. The molecule has 0 saturated heterocycles. The van der Waals surface area contributed by atoms with Crippen LogP contribution in [0.4, 0.5) is 0 Å². The number of alkyl halides is 1. The third-order valence-electron chi connectivity index (χ3n) is 1.70. The van der Waals surface area contributed by atoms with Crippen LogP contribution in [0.1, 0.15) is 13.3 Å². The van der Waals surface area contributed by atoms with Gasteiger partial charge in [0.15, 0.2) is 0 Å². The molecule has 1 unspecified atom stereocenters. The Bertz CT molecular complexity index is 351. The van der Waals surface area contributed by atoms with Crippen LogP contribution in [-0.2, 0) is 27.9 Å². The zero-order valence-electron chi connectivity index (χ0n) is 9.29. The predicted octanol–water partition coefficient (Wildman–Crippen LogP) is 3.00. The second-order valence-electron chi connectivity index (χ2n) is 3.70. The number of hydrogen-bond acceptors (Lipinski definition) is 1. The van der Waals surface area contributed by atoms with Crippen LogP contribution in [-0.4, -0.2) is 20.6 Å². The van der Waals surface area contributed by atoms with Crippen molar-refractivity contribution in [3.63, 3.8) is 0 Å². The van der Waals surface area contributed by atoms with Crippen molar-refractivity contribution in [1.82, 2.24) is 0 Å². The minimum absolute atomic E-state index is 0.0332. The van der Waals surface area contributed by atoms with E-state index in [0.29, 0.717) is 17.4 Å². The minimum atomic E-state index is -4.22. The molecule has 16 heavy (non-hydrogen) atoms. The average Bonchev–Trinajstić information content (AvgIpc) is 2.22. The van der Waals surface area contributed by atoms with Gasteiger partial charge in [-0.3, -0.25) is 4.57 Å². The summed E-state index contributed by atoms with van der Waals surface area (Å²) in [6.07, 6.45) is 0.371. The van der Waals surface area contributed by atoms with Crippen LogP contribution in [0.2, 0.25) is 13.1 Å². The van der Waals surface area contributed by atoms with Gasteiger partial charge in [-0.2, -0.15) is 11.6 Å². The normalized spacial score (nSPS) is 21.8. The molecule has 1 rings (SSSR count). The summed E-state index contributed by atoms with van der Waals surface area (Å²) >= 11 is 13.1. The fraction of sp³-hybridized carbons (Fsp3) is 0.625. The Balaban J connectivity index is 0.000000487. The molecule has 92 valence electrons. The number of allylic oxidation sites excluding steroid dienone is 2. The molecule has 1 atom stereocenters.